The van der Waals surface area contributed by atoms with E-state index in [2.05, 4.69) is 27.6 Å². The van der Waals surface area contributed by atoms with Crippen molar-refractivity contribution in [2.45, 2.75) is 84.6 Å². The van der Waals surface area contributed by atoms with Crippen molar-refractivity contribution in [1.29, 1.82) is 0 Å². The van der Waals surface area contributed by atoms with Crippen molar-refractivity contribution in [1.82, 2.24) is 20.4 Å². The van der Waals surface area contributed by atoms with Gasteiger partial charge in [-0.25, -0.2) is 0 Å². The van der Waals surface area contributed by atoms with Crippen LogP contribution in [0.25, 0.3) is 10.9 Å². The highest BCUT2D eigenvalue weighted by Gasteiger charge is 2.51. The van der Waals surface area contributed by atoms with Crippen LogP contribution < -0.4 is 5.32 Å². The maximum Gasteiger partial charge on any atom is 0.249 e. The van der Waals surface area contributed by atoms with Crippen LogP contribution in [-0.4, -0.2) is 26.1 Å². The third-order valence-corrected chi connectivity index (χ3v) is 10.5. The molecule has 0 radical (unpaired) electrons. The molecule has 2 aromatic carbocycles. The molecule has 0 saturated heterocycles. The molecule has 220 valence electrons. The van der Waals surface area contributed by atoms with Gasteiger partial charge in [-0.05, 0) is 122 Å². The van der Waals surface area contributed by atoms with E-state index in [1.807, 2.05) is 39.1 Å². The number of benzene rings is 2. The van der Waals surface area contributed by atoms with Gasteiger partial charge in [0, 0.05) is 35.9 Å². The first-order valence-electron chi connectivity index (χ1n) is 15.7. The summed E-state index contributed by atoms with van der Waals surface area (Å²) in [6, 6.07) is 11.3. The maximum atomic E-state index is 13.7. The number of carbonyl (C=O) groups is 1. The number of fused-ring (bicyclic) bond motifs is 1. The van der Waals surface area contributed by atoms with Crippen molar-refractivity contribution >= 4 is 16.8 Å². The van der Waals surface area contributed by atoms with E-state index in [0.717, 1.165) is 63.2 Å². The lowest BCUT2D eigenvalue weighted by Crippen LogP contribution is -2.47. The number of para-hydroxylation sites is 1. The number of phenols is 1. The van der Waals surface area contributed by atoms with Crippen LogP contribution in [0.4, 0.5) is 0 Å². The molecule has 2 atom stereocenters. The van der Waals surface area contributed by atoms with Crippen LogP contribution in [0.2, 0.25) is 0 Å². The number of aryl methyl sites for hydroxylation is 2. The quantitative estimate of drug-likeness (QED) is 0.204. The van der Waals surface area contributed by atoms with Crippen molar-refractivity contribution in [2.24, 2.45) is 29.1 Å². The van der Waals surface area contributed by atoms with Crippen LogP contribution in [0, 0.1) is 42.9 Å². The fourth-order valence-corrected chi connectivity index (χ4v) is 9.05. The Hall–Kier alpha value is -3.61. The number of hydrogen-bond acceptors (Lipinski definition) is 5. The highest BCUT2D eigenvalue weighted by atomic mass is 16.5. The summed E-state index contributed by atoms with van der Waals surface area (Å²) in [6.45, 7) is 5.92. The number of aromatic nitrogens is 3. The number of aromatic amines is 1. The summed E-state index contributed by atoms with van der Waals surface area (Å²) in [5, 5.41) is 18.9. The zero-order valence-electron chi connectivity index (χ0n) is 25.0. The molecule has 0 unspecified atom stereocenters. The third-order valence-electron chi connectivity index (χ3n) is 10.5. The predicted molar refractivity (Wildman–Crippen MR) is 162 cm³/mol. The van der Waals surface area contributed by atoms with Gasteiger partial charge in [0.15, 0.2) is 5.82 Å². The van der Waals surface area contributed by atoms with Crippen molar-refractivity contribution < 1.29 is 14.4 Å². The van der Waals surface area contributed by atoms with E-state index in [1.165, 1.54) is 38.5 Å². The lowest BCUT2D eigenvalue weighted by atomic mass is 9.49. The molecule has 4 aliphatic carbocycles. The molecular weight excluding hydrogens is 524 g/mol. The fraction of sp³-hybridized carbons (Fsp3) is 0.514. The van der Waals surface area contributed by atoms with Gasteiger partial charge < -0.3 is 19.9 Å². The largest absolute Gasteiger partial charge is 0.508 e. The van der Waals surface area contributed by atoms with E-state index in [9.17, 15) is 9.90 Å². The smallest absolute Gasteiger partial charge is 0.249 e. The molecule has 1 amide bonds. The number of amides is 1. The zero-order valence-corrected chi connectivity index (χ0v) is 25.0. The molecule has 4 bridgehead atoms. The first-order valence-corrected chi connectivity index (χ1v) is 15.7. The van der Waals surface area contributed by atoms with Gasteiger partial charge in [-0.2, -0.15) is 4.98 Å². The summed E-state index contributed by atoms with van der Waals surface area (Å²) >= 11 is 0. The molecule has 2 heterocycles. The van der Waals surface area contributed by atoms with E-state index < -0.39 is 6.04 Å². The second kappa shape index (κ2) is 10.6. The van der Waals surface area contributed by atoms with E-state index in [1.54, 1.807) is 12.1 Å². The van der Waals surface area contributed by atoms with E-state index in [-0.39, 0.29) is 17.6 Å². The molecule has 7 heteroatoms. The summed E-state index contributed by atoms with van der Waals surface area (Å²) < 4.78 is 5.94. The molecule has 4 aliphatic rings. The topological polar surface area (TPSA) is 104 Å². The Bertz CT molecular complexity index is 1560. The standard InChI is InChI=1S/C35H42N4O3/c1-20-8-27(40)9-21(2)29(20)10-22(3)33(41)37-31(14-26-19-36-30-7-5-4-6-28(26)30)34-38-32(39-42-34)18-35-15-23-11-24(16-35)13-25(12-23)17-35/h4-9,19,22-25,31,36,40H,10-18H2,1-3H3,(H,37,41)/t22-,23?,24?,25?,31-,35?/m0/s1. The second-order valence-electron chi connectivity index (χ2n) is 13.9. The highest BCUT2D eigenvalue weighted by Crippen LogP contribution is 2.60. The summed E-state index contributed by atoms with van der Waals surface area (Å²) in [4.78, 5) is 22.0. The van der Waals surface area contributed by atoms with Crippen molar-refractivity contribution in [2.75, 3.05) is 0 Å². The lowest BCUT2D eigenvalue weighted by molar-refractivity contribution is -0.125. The molecule has 0 spiro atoms. The van der Waals surface area contributed by atoms with Crippen LogP contribution in [0.1, 0.15) is 85.5 Å². The number of H-pyrrole nitrogens is 1. The molecule has 3 N–H and O–H groups in total. The Morgan fingerprint density at radius 1 is 1.07 bits per heavy atom. The van der Waals surface area contributed by atoms with Gasteiger partial charge in [-0.3, -0.25) is 4.79 Å². The van der Waals surface area contributed by atoms with Gasteiger partial charge in [0.25, 0.3) is 0 Å². The summed E-state index contributed by atoms with van der Waals surface area (Å²) in [5.74, 6) is 3.83. The Morgan fingerprint density at radius 2 is 1.74 bits per heavy atom. The van der Waals surface area contributed by atoms with Gasteiger partial charge in [-0.1, -0.05) is 30.3 Å². The number of hydrogen-bond donors (Lipinski definition) is 3. The number of carbonyl (C=O) groups excluding carboxylic acids is 1. The van der Waals surface area contributed by atoms with Gasteiger partial charge in [-0.15, -0.1) is 0 Å². The molecule has 42 heavy (non-hydrogen) atoms. The molecule has 7 nitrogen and oxygen atoms in total. The van der Waals surface area contributed by atoms with Gasteiger partial charge in [0.2, 0.25) is 11.8 Å². The second-order valence-corrected chi connectivity index (χ2v) is 13.9. The average molecular weight is 567 g/mol. The summed E-state index contributed by atoms with van der Waals surface area (Å²) in [5.41, 5.74) is 5.58. The monoisotopic (exact) mass is 566 g/mol. The van der Waals surface area contributed by atoms with Crippen LogP contribution in [0.15, 0.2) is 47.1 Å². The van der Waals surface area contributed by atoms with Gasteiger partial charge in [0.1, 0.15) is 11.8 Å². The van der Waals surface area contributed by atoms with Crippen LogP contribution >= 0.6 is 0 Å². The minimum absolute atomic E-state index is 0.0486. The van der Waals surface area contributed by atoms with Crippen molar-refractivity contribution in [3.05, 3.63) is 76.6 Å². The number of rotatable bonds is 9. The van der Waals surface area contributed by atoms with Gasteiger partial charge >= 0.3 is 0 Å². The fourth-order valence-electron chi connectivity index (χ4n) is 9.05. The Labute approximate surface area is 247 Å². The number of nitrogens with zero attached hydrogens (tertiary/aromatic N) is 2. The minimum atomic E-state index is -0.432. The molecule has 4 fully saturated rings. The van der Waals surface area contributed by atoms with Gasteiger partial charge in [0.05, 0.1) is 0 Å². The first kappa shape index (κ1) is 27.2. The summed E-state index contributed by atoms with van der Waals surface area (Å²) in [7, 11) is 0. The van der Waals surface area contributed by atoms with E-state index in [4.69, 9.17) is 9.51 Å². The molecule has 2 aromatic heterocycles. The Balaban J connectivity index is 1.12. The average Bonchev–Trinajstić information content (AvgIpc) is 3.56. The molecule has 4 aromatic rings. The molecule has 0 aliphatic heterocycles. The molecule has 8 rings (SSSR count). The molecular formula is C35H42N4O3. The Kier molecular flexibility index (Phi) is 6.87. The third kappa shape index (κ3) is 5.23. The maximum absolute atomic E-state index is 13.7. The SMILES string of the molecule is Cc1cc(O)cc(C)c1C[C@H](C)C(=O)N[C@@H](Cc1c[nH]c2ccccc12)c1nc(CC23CC4CC(CC(C4)C2)C3)no1. The van der Waals surface area contributed by atoms with Crippen LogP contribution in [0.5, 0.6) is 5.75 Å². The molecule has 4 saturated carbocycles. The van der Waals surface area contributed by atoms with Crippen molar-refractivity contribution in [3.8, 4) is 5.75 Å². The normalized spacial score (nSPS) is 26.0. The number of aromatic hydroxyl groups is 1. The van der Waals surface area contributed by atoms with Crippen LogP contribution in [0.3, 0.4) is 0 Å². The number of nitrogens with one attached hydrogen (secondary N) is 2. The number of phenolic OH excluding ortho intramolecular Hbond substituents is 1. The summed E-state index contributed by atoms with van der Waals surface area (Å²) in [6.07, 6.45) is 12.2. The predicted octanol–water partition coefficient (Wildman–Crippen LogP) is 6.91. The van der Waals surface area contributed by atoms with E-state index >= 15 is 0 Å². The minimum Gasteiger partial charge on any atom is -0.508 e. The van der Waals surface area contributed by atoms with E-state index in [0.29, 0.717) is 24.1 Å². The van der Waals surface area contributed by atoms with Crippen LogP contribution in [-0.2, 0) is 24.1 Å². The zero-order chi connectivity index (χ0) is 29.0. The first-order chi connectivity index (χ1) is 20.2. The highest BCUT2D eigenvalue weighted by molar-refractivity contribution is 5.83. The van der Waals surface area contributed by atoms with Crippen molar-refractivity contribution in [3.63, 3.8) is 0 Å². The Morgan fingerprint density at radius 3 is 2.43 bits per heavy atom. The lowest BCUT2D eigenvalue weighted by Gasteiger charge is -2.56.